The summed E-state index contributed by atoms with van der Waals surface area (Å²) in [5.41, 5.74) is 8.86. The summed E-state index contributed by atoms with van der Waals surface area (Å²) in [5, 5.41) is 0. The lowest BCUT2D eigenvalue weighted by molar-refractivity contribution is -0.0300. The highest BCUT2D eigenvalue weighted by molar-refractivity contribution is 5.89. The molecule has 5 N–H and O–H groups in total. The van der Waals surface area contributed by atoms with Gasteiger partial charge in [-0.2, -0.15) is 8.78 Å². The number of hydrogen-bond donors (Lipinski definition) is 3. The number of nitrogens with two attached hydrogens (primary N) is 2. The lowest BCUT2D eigenvalue weighted by atomic mass is 9.84. The van der Waals surface area contributed by atoms with E-state index in [1.807, 2.05) is 0 Å². The highest BCUT2D eigenvalue weighted by Crippen LogP contribution is 2.39. The predicted octanol–water partition coefficient (Wildman–Crippen LogP) is 2.47. The van der Waals surface area contributed by atoms with Gasteiger partial charge < -0.3 is 15.9 Å². The molecule has 132 valence electrons. The van der Waals surface area contributed by atoms with E-state index in [9.17, 15) is 13.6 Å². The molecule has 0 aliphatic heterocycles. The smallest absolute Gasteiger partial charge is 0.337 e. The molecule has 0 saturated carbocycles. The zero-order valence-electron chi connectivity index (χ0n) is 13.6. The lowest BCUT2D eigenvalue weighted by Gasteiger charge is -2.31. The van der Waals surface area contributed by atoms with Gasteiger partial charge in [0.25, 0.3) is 5.92 Å². The van der Waals surface area contributed by atoms with Gasteiger partial charge in [-0.1, -0.05) is 18.6 Å². The Hall–Kier alpha value is -2.15. The molecule has 2 rings (SSSR count). The Balaban J connectivity index is 2.22. The van der Waals surface area contributed by atoms with Gasteiger partial charge in [-0.05, 0) is 43.4 Å². The standard InChI is InChI=1S/C17H23F2N3O2/c1-24-16(23)12-8-6-11(7-9-12)10-13-4-2-3-5-14(22-21)15(20)17(13,18)19/h6-9,13,22H,2-5,10,20-21H2,1H3/b15-14-. The van der Waals surface area contributed by atoms with Gasteiger partial charge in [0.1, 0.15) is 0 Å². The van der Waals surface area contributed by atoms with Crippen molar-refractivity contribution >= 4 is 5.97 Å². The van der Waals surface area contributed by atoms with E-state index in [2.05, 4.69) is 10.2 Å². The Morgan fingerprint density at radius 3 is 2.58 bits per heavy atom. The van der Waals surface area contributed by atoms with E-state index in [-0.39, 0.29) is 12.1 Å². The zero-order chi connectivity index (χ0) is 17.7. The number of hydrogen-bond acceptors (Lipinski definition) is 5. The van der Waals surface area contributed by atoms with Gasteiger partial charge in [0.15, 0.2) is 0 Å². The molecule has 1 atom stereocenters. The van der Waals surface area contributed by atoms with Gasteiger partial charge in [-0.25, -0.2) is 4.79 Å². The second-order valence-electron chi connectivity index (χ2n) is 5.99. The lowest BCUT2D eigenvalue weighted by Crippen LogP contribution is -2.40. The van der Waals surface area contributed by atoms with Gasteiger partial charge in [0.05, 0.1) is 24.1 Å². The van der Waals surface area contributed by atoms with Crippen LogP contribution >= 0.6 is 0 Å². The second kappa shape index (κ2) is 7.61. The summed E-state index contributed by atoms with van der Waals surface area (Å²) in [4.78, 5) is 11.4. The largest absolute Gasteiger partial charge is 0.465 e. The van der Waals surface area contributed by atoms with Crippen molar-refractivity contribution in [1.29, 1.82) is 0 Å². The van der Waals surface area contributed by atoms with Crippen molar-refractivity contribution in [3.05, 3.63) is 46.8 Å². The molecule has 5 nitrogen and oxygen atoms in total. The zero-order valence-corrected chi connectivity index (χ0v) is 13.6. The van der Waals surface area contributed by atoms with Crippen molar-refractivity contribution in [2.45, 2.75) is 38.0 Å². The number of ether oxygens (including phenoxy) is 1. The van der Waals surface area contributed by atoms with Crippen LogP contribution in [0.3, 0.4) is 0 Å². The molecule has 1 aliphatic carbocycles. The molecule has 1 aliphatic rings. The summed E-state index contributed by atoms with van der Waals surface area (Å²) in [6.45, 7) is 0. The third kappa shape index (κ3) is 3.84. The van der Waals surface area contributed by atoms with Crippen LogP contribution in [0.15, 0.2) is 35.7 Å². The predicted molar refractivity (Wildman–Crippen MR) is 86.9 cm³/mol. The van der Waals surface area contributed by atoms with Crippen LogP contribution in [-0.2, 0) is 11.2 Å². The van der Waals surface area contributed by atoms with Crippen molar-refractivity contribution in [1.82, 2.24) is 5.43 Å². The summed E-state index contributed by atoms with van der Waals surface area (Å²) in [7, 11) is 1.30. The number of methoxy groups -OCH3 is 1. The fourth-order valence-electron chi connectivity index (χ4n) is 2.99. The van der Waals surface area contributed by atoms with Crippen LogP contribution in [0, 0.1) is 5.92 Å². The Labute approximate surface area is 140 Å². The number of halogens is 2. The minimum Gasteiger partial charge on any atom is -0.465 e. The molecule has 0 aromatic heterocycles. The topological polar surface area (TPSA) is 90.4 Å². The molecular formula is C17H23F2N3O2. The third-order valence-corrected chi connectivity index (χ3v) is 4.46. The first-order valence-electron chi connectivity index (χ1n) is 7.91. The van der Waals surface area contributed by atoms with Gasteiger partial charge >= 0.3 is 5.97 Å². The quantitative estimate of drug-likeness (QED) is 0.445. The molecule has 0 saturated heterocycles. The summed E-state index contributed by atoms with van der Waals surface area (Å²) in [5.74, 6) is 0.824. The van der Waals surface area contributed by atoms with E-state index in [0.29, 0.717) is 24.8 Å². The van der Waals surface area contributed by atoms with Crippen LogP contribution < -0.4 is 17.0 Å². The fraction of sp³-hybridized carbons (Fsp3) is 0.471. The average molecular weight is 339 g/mol. The number of carbonyl (C=O) groups is 1. The number of rotatable bonds is 4. The molecule has 24 heavy (non-hydrogen) atoms. The molecular weight excluding hydrogens is 316 g/mol. The normalized spacial score (nSPS) is 23.9. The summed E-state index contributed by atoms with van der Waals surface area (Å²) < 4.78 is 34.1. The molecule has 0 fully saturated rings. The van der Waals surface area contributed by atoms with Crippen molar-refractivity contribution in [2.75, 3.05) is 7.11 Å². The van der Waals surface area contributed by atoms with Gasteiger partial charge in [0, 0.05) is 5.92 Å². The van der Waals surface area contributed by atoms with Crippen LogP contribution in [0.25, 0.3) is 0 Å². The van der Waals surface area contributed by atoms with Crippen molar-refractivity contribution in [3.63, 3.8) is 0 Å². The van der Waals surface area contributed by atoms with Crippen LogP contribution in [0.2, 0.25) is 0 Å². The number of benzene rings is 1. The highest BCUT2D eigenvalue weighted by atomic mass is 19.3. The van der Waals surface area contributed by atoms with Gasteiger partial charge in [0.2, 0.25) is 0 Å². The summed E-state index contributed by atoms with van der Waals surface area (Å²) >= 11 is 0. The van der Waals surface area contributed by atoms with E-state index in [1.165, 1.54) is 7.11 Å². The fourth-order valence-corrected chi connectivity index (χ4v) is 2.99. The molecule has 1 unspecified atom stereocenters. The van der Waals surface area contributed by atoms with E-state index < -0.39 is 23.5 Å². The van der Waals surface area contributed by atoms with Crippen LogP contribution in [-0.4, -0.2) is 19.0 Å². The van der Waals surface area contributed by atoms with Crippen molar-refractivity contribution in [3.8, 4) is 0 Å². The molecule has 0 bridgehead atoms. The number of alkyl halides is 2. The summed E-state index contributed by atoms with van der Waals surface area (Å²) in [6, 6.07) is 6.49. The maximum Gasteiger partial charge on any atom is 0.337 e. The number of hydrazine groups is 1. The minimum atomic E-state index is -3.14. The SMILES string of the molecule is COC(=O)c1ccc(CC2CCCC/C(NN)=C(/N)C2(F)F)cc1. The van der Waals surface area contributed by atoms with E-state index in [0.717, 1.165) is 12.0 Å². The van der Waals surface area contributed by atoms with Crippen LogP contribution in [0.5, 0.6) is 0 Å². The molecule has 1 aromatic rings. The van der Waals surface area contributed by atoms with E-state index in [1.54, 1.807) is 24.3 Å². The van der Waals surface area contributed by atoms with Crippen molar-refractivity contribution in [2.24, 2.45) is 17.5 Å². The number of esters is 1. The Kier molecular flexibility index (Phi) is 5.77. The second-order valence-corrected chi connectivity index (χ2v) is 5.99. The first-order valence-corrected chi connectivity index (χ1v) is 7.91. The number of allylic oxidation sites excluding steroid dienone is 2. The van der Waals surface area contributed by atoms with Gasteiger partial charge in [-0.15, -0.1) is 0 Å². The molecule has 0 spiro atoms. The Morgan fingerprint density at radius 2 is 2.00 bits per heavy atom. The average Bonchev–Trinajstić information content (AvgIpc) is 2.59. The first-order chi connectivity index (χ1) is 11.4. The van der Waals surface area contributed by atoms with Gasteiger partial charge in [-0.3, -0.25) is 5.84 Å². The number of carbonyl (C=O) groups excluding carboxylic acids is 1. The Bertz CT molecular complexity index is 615. The van der Waals surface area contributed by atoms with Crippen LogP contribution in [0.1, 0.15) is 41.6 Å². The maximum absolute atomic E-state index is 14.7. The molecule has 1 aromatic carbocycles. The molecule has 7 heteroatoms. The Morgan fingerprint density at radius 1 is 1.33 bits per heavy atom. The van der Waals surface area contributed by atoms with Crippen LogP contribution in [0.4, 0.5) is 8.78 Å². The number of nitrogens with one attached hydrogen (secondary N) is 1. The highest BCUT2D eigenvalue weighted by Gasteiger charge is 2.44. The monoisotopic (exact) mass is 339 g/mol. The van der Waals surface area contributed by atoms with E-state index in [4.69, 9.17) is 11.6 Å². The minimum absolute atomic E-state index is 0.174. The van der Waals surface area contributed by atoms with E-state index >= 15 is 0 Å². The third-order valence-electron chi connectivity index (χ3n) is 4.46. The van der Waals surface area contributed by atoms with Crippen molar-refractivity contribution < 1.29 is 18.3 Å². The molecule has 0 heterocycles. The first kappa shape index (κ1) is 18.2. The maximum atomic E-state index is 14.7. The molecule has 0 radical (unpaired) electrons. The molecule has 0 amide bonds. The summed E-state index contributed by atoms with van der Waals surface area (Å²) in [6.07, 6.45) is 2.42.